The van der Waals surface area contributed by atoms with Crippen LogP contribution < -0.4 is 5.73 Å². The van der Waals surface area contributed by atoms with Crippen LogP contribution in [0.25, 0.3) is 0 Å². The van der Waals surface area contributed by atoms with Crippen LogP contribution in [0.2, 0.25) is 0 Å². The topological polar surface area (TPSA) is 83.6 Å². The van der Waals surface area contributed by atoms with Crippen molar-refractivity contribution in [2.75, 3.05) is 13.1 Å². The SMILES string of the molecule is CCC(C)C[C@]1(c2ccccc2)CCCC(CC2(O)CCC2)C(C)C(=O)N(CCC(N)=O)CCC1. The zero-order chi connectivity index (χ0) is 25.5. The van der Waals surface area contributed by atoms with E-state index < -0.39 is 5.60 Å². The van der Waals surface area contributed by atoms with Crippen LogP contribution in [0, 0.1) is 17.8 Å². The fourth-order valence-corrected chi connectivity index (χ4v) is 6.52. The zero-order valence-electron chi connectivity index (χ0n) is 22.3. The molecule has 1 aromatic rings. The van der Waals surface area contributed by atoms with Gasteiger partial charge in [0.15, 0.2) is 0 Å². The molecule has 4 atom stereocenters. The Morgan fingerprint density at radius 1 is 1.14 bits per heavy atom. The second-order valence-corrected chi connectivity index (χ2v) is 11.7. The molecule has 0 bridgehead atoms. The molecule has 1 aliphatic heterocycles. The number of amides is 2. The summed E-state index contributed by atoms with van der Waals surface area (Å²) in [5.41, 5.74) is 6.35. The molecule has 3 unspecified atom stereocenters. The van der Waals surface area contributed by atoms with Gasteiger partial charge in [-0.1, -0.05) is 63.9 Å². The number of aliphatic hydroxyl groups is 1. The Morgan fingerprint density at radius 3 is 2.43 bits per heavy atom. The lowest BCUT2D eigenvalue weighted by atomic mass is 9.66. The maximum absolute atomic E-state index is 13.6. The summed E-state index contributed by atoms with van der Waals surface area (Å²) < 4.78 is 0. The quantitative estimate of drug-likeness (QED) is 0.479. The van der Waals surface area contributed by atoms with E-state index in [9.17, 15) is 14.7 Å². The summed E-state index contributed by atoms with van der Waals surface area (Å²) >= 11 is 0. The summed E-state index contributed by atoms with van der Waals surface area (Å²) in [6.07, 6.45) is 11.0. The number of benzene rings is 1. The third-order valence-electron chi connectivity index (χ3n) is 9.10. The first-order chi connectivity index (χ1) is 16.7. The van der Waals surface area contributed by atoms with Crippen LogP contribution in [0.3, 0.4) is 0 Å². The van der Waals surface area contributed by atoms with Crippen LogP contribution in [-0.2, 0) is 15.0 Å². The number of rotatable bonds is 9. The number of carbonyl (C=O) groups is 2. The Morgan fingerprint density at radius 2 is 1.83 bits per heavy atom. The van der Waals surface area contributed by atoms with E-state index in [1.165, 1.54) is 5.56 Å². The first-order valence-corrected chi connectivity index (χ1v) is 14.0. The van der Waals surface area contributed by atoms with E-state index in [1.54, 1.807) is 0 Å². The number of nitrogens with two attached hydrogens (primary N) is 1. The van der Waals surface area contributed by atoms with Crippen LogP contribution in [0.15, 0.2) is 30.3 Å². The van der Waals surface area contributed by atoms with Crippen molar-refractivity contribution in [2.24, 2.45) is 23.5 Å². The molecule has 1 aromatic carbocycles. The van der Waals surface area contributed by atoms with Gasteiger partial charge >= 0.3 is 0 Å². The van der Waals surface area contributed by atoms with Crippen molar-refractivity contribution >= 4 is 11.8 Å². The lowest BCUT2D eigenvalue weighted by Crippen LogP contribution is -2.44. The normalized spacial score (nSPS) is 28.6. The maximum atomic E-state index is 13.6. The lowest BCUT2D eigenvalue weighted by Gasteiger charge is -2.41. The van der Waals surface area contributed by atoms with Gasteiger partial charge in [0.05, 0.1) is 5.60 Å². The molecule has 2 amide bonds. The Hall–Kier alpha value is -1.88. The highest BCUT2D eigenvalue weighted by Gasteiger charge is 2.41. The van der Waals surface area contributed by atoms with Crippen molar-refractivity contribution in [1.29, 1.82) is 0 Å². The fraction of sp³-hybridized carbons (Fsp3) is 0.733. The highest BCUT2D eigenvalue weighted by molar-refractivity contribution is 5.80. The van der Waals surface area contributed by atoms with Crippen LogP contribution in [0.5, 0.6) is 0 Å². The van der Waals surface area contributed by atoms with Gasteiger partial charge in [0.25, 0.3) is 0 Å². The van der Waals surface area contributed by atoms with Gasteiger partial charge in [-0.3, -0.25) is 9.59 Å². The molecule has 5 nitrogen and oxygen atoms in total. The summed E-state index contributed by atoms with van der Waals surface area (Å²) in [6, 6.07) is 11.0. The molecule has 1 heterocycles. The average Bonchev–Trinajstić information content (AvgIpc) is 2.84. The van der Waals surface area contributed by atoms with Crippen LogP contribution in [0.4, 0.5) is 0 Å². The minimum Gasteiger partial charge on any atom is -0.390 e. The van der Waals surface area contributed by atoms with Crippen LogP contribution in [-0.4, -0.2) is 40.5 Å². The molecule has 35 heavy (non-hydrogen) atoms. The van der Waals surface area contributed by atoms with Crippen molar-refractivity contribution in [3.8, 4) is 0 Å². The Balaban J connectivity index is 1.92. The van der Waals surface area contributed by atoms with Crippen molar-refractivity contribution in [1.82, 2.24) is 4.90 Å². The van der Waals surface area contributed by atoms with Gasteiger partial charge in [-0.25, -0.2) is 0 Å². The monoisotopic (exact) mass is 484 g/mol. The second kappa shape index (κ2) is 12.4. The molecule has 1 saturated carbocycles. The molecule has 1 saturated heterocycles. The Bertz CT molecular complexity index is 822. The highest BCUT2D eigenvalue weighted by Crippen LogP contribution is 2.45. The van der Waals surface area contributed by atoms with Gasteiger partial charge in [-0.15, -0.1) is 0 Å². The molecular weight excluding hydrogens is 436 g/mol. The first-order valence-electron chi connectivity index (χ1n) is 14.0. The summed E-state index contributed by atoms with van der Waals surface area (Å²) in [6.45, 7) is 7.71. The van der Waals surface area contributed by atoms with E-state index >= 15 is 0 Å². The van der Waals surface area contributed by atoms with Crippen LogP contribution in [0.1, 0.15) is 103 Å². The summed E-state index contributed by atoms with van der Waals surface area (Å²) in [5.74, 6) is 0.368. The molecule has 2 aliphatic rings. The molecule has 196 valence electrons. The van der Waals surface area contributed by atoms with E-state index in [0.717, 1.165) is 64.2 Å². The number of nitrogens with zero attached hydrogens (tertiary/aromatic N) is 1. The third-order valence-corrected chi connectivity index (χ3v) is 9.10. The van der Waals surface area contributed by atoms with Crippen molar-refractivity contribution in [2.45, 2.75) is 109 Å². The van der Waals surface area contributed by atoms with Crippen LogP contribution >= 0.6 is 0 Å². The average molecular weight is 485 g/mol. The number of hydrogen-bond donors (Lipinski definition) is 2. The molecule has 1 aliphatic carbocycles. The summed E-state index contributed by atoms with van der Waals surface area (Å²) in [4.78, 5) is 27.1. The molecule has 2 fully saturated rings. The van der Waals surface area contributed by atoms with Gasteiger partial charge < -0.3 is 15.7 Å². The third kappa shape index (κ3) is 7.31. The summed E-state index contributed by atoms with van der Waals surface area (Å²) in [5, 5.41) is 11.0. The van der Waals surface area contributed by atoms with E-state index in [1.807, 2.05) is 11.8 Å². The molecule has 3 N–H and O–H groups in total. The van der Waals surface area contributed by atoms with Gasteiger partial charge in [0, 0.05) is 25.4 Å². The second-order valence-electron chi connectivity index (χ2n) is 11.7. The highest BCUT2D eigenvalue weighted by atomic mass is 16.3. The van der Waals surface area contributed by atoms with Crippen molar-refractivity contribution < 1.29 is 14.7 Å². The van der Waals surface area contributed by atoms with Gasteiger partial charge in [-0.05, 0) is 80.6 Å². The number of carbonyl (C=O) groups excluding carboxylic acids is 2. The summed E-state index contributed by atoms with van der Waals surface area (Å²) in [7, 11) is 0. The zero-order valence-corrected chi connectivity index (χ0v) is 22.3. The standard InChI is InChI=1S/C30H48N2O3/c1-4-23(2)21-29(26-12-6-5-7-13-26)15-8-11-25(22-30(35)17-9-18-30)24(3)28(34)32(19-10-16-29)20-14-27(31)33/h5-7,12-13,23-25,35H,4,8-11,14-22H2,1-3H3,(H2,31,33)/t23?,24?,25?,29-/m0/s1. The fourth-order valence-electron chi connectivity index (χ4n) is 6.52. The Kier molecular flexibility index (Phi) is 9.80. The minimum absolute atomic E-state index is 0.0839. The number of hydrogen-bond acceptors (Lipinski definition) is 3. The molecule has 5 heteroatoms. The molecule has 0 aromatic heterocycles. The molecule has 3 rings (SSSR count). The smallest absolute Gasteiger partial charge is 0.225 e. The molecule has 0 spiro atoms. The molecular formula is C30H48N2O3. The largest absolute Gasteiger partial charge is 0.390 e. The van der Waals surface area contributed by atoms with Gasteiger partial charge in [0.1, 0.15) is 0 Å². The van der Waals surface area contributed by atoms with Crippen molar-refractivity contribution in [3.63, 3.8) is 0 Å². The lowest BCUT2D eigenvalue weighted by molar-refractivity contribution is -0.139. The van der Waals surface area contributed by atoms with Gasteiger partial charge in [-0.2, -0.15) is 0 Å². The van der Waals surface area contributed by atoms with E-state index in [2.05, 4.69) is 44.2 Å². The number of primary amides is 1. The van der Waals surface area contributed by atoms with E-state index in [0.29, 0.717) is 25.4 Å². The van der Waals surface area contributed by atoms with Gasteiger partial charge in [0.2, 0.25) is 11.8 Å². The molecule has 0 radical (unpaired) electrons. The van der Waals surface area contributed by atoms with E-state index in [4.69, 9.17) is 5.73 Å². The van der Waals surface area contributed by atoms with Crippen molar-refractivity contribution in [3.05, 3.63) is 35.9 Å². The van der Waals surface area contributed by atoms with E-state index in [-0.39, 0.29) is 35.5 Å². The maximum Gasteiger partial charge on any atom is 0.225 e. The Labute approximate surface area is 212 Å². The minimum atomic E-state index is -0.606. The predicted octanol–water partition coefficient (Wildman–Crippen LogP) is 5.59. The first kappa shape index (κ1) is 27.7. The predicted molar refractivity (Wildman–Crippen MR) is 142 cm³/mol.